The van der Waals surface area contributed by atoms with Gasteiger partial charge < -0.3 is 20.4 Å². The van der Waals surface area contributed by atoms with Crippen LogP contribution in [0.4, 0.5) is 5.69 Å². The Morgan fingerprint density at radius 2 is 1.78 bits per heavy atom. The number of hydrogen-bond donors (Lipinski definition) is 2. The van der Waals surface area contributed by atoms with E-state index in [0.717, 1.165) is 25.9 Å². The molecule has 0 aromatic heterocycles. The molecule has 0 spiro atoms. The Hall–Kier alpha value is -1.99. The number of anilines is 1. The first-order chi connectivity index (χ1) is 13.0. The van der Waals surface area contributed by atoms with Crippen molar-refractivity contribution in [2.75, 3.05) is 38.5 Å². The Kier molecular flexibility index (Phi) is 6.79. The Balaban J connectivity index is 1.58. The average Bonchev–Trinajstić information content (AvgIpc) is 3.15. The van der Waals surface area contributed by atoms with Gasteiger partial charge in [0.05, 0.1) is 11.3 Å². The number of rotatable bonds is 4. The van der Waals surface area contributed by atoms with E-state index in [2.05, 4.69) is 22.6 Å². The van der Waals surface area contributed by atoms with Gasteiger partial charge in [-0.3, -0.25) is 9.59 Å². The van der Waals surface area contributed by atoms with E-state index >= 15 is 0 Å². The van der Waals surface area contributed by atoms with Crippen molar-refractivity contribution in [3.8, 4) is 0 Å². The highest BCUT2D eigenvalue weighted by Gasteiger charge is 2.23. The average molecular weight is 389 g/mol. The summed E-state index contributed by atoms with van der Waals surface area (Å²) in [5.41, 5.74) is 1.21. The van der Waals surface area contributed by atoms with Gasteiger partial charge in [0.1, 0.15) is 0 Å². The number of carbonyl (C=O) groups is 2. The highest BCUT2D eigenvalue weighted by Crippen LogP contribution is 2.27. The van der Waals surface area contributed by atoms with Crippen LogP contribution in [-0.2, 0) is 4.79 Å². The standard InChI is InChI=1S/C20H28N4O2S/c1-23-10-12-24(13-11-23)19(26)16-8-4-5-9-17(16)21-20(27)22-18(25)14-15-6-2-3-7-15/h4-5,8-9,15H,2-3,6-7,10-14H2,1H3,(H2,21,22,25,27). The molecule has 146 valence electrons. The molecule has 2 N–H and O–H groups in total. The molecule has 1 aromatic carbocycles. The molecule has 2 aliphatic rings. The molecule has 0 atom stereocenters. The maximum atomic E-state index is 12.9. The van der Waals surface area contributed by atoms with Gasteiger partial charge in [-0.05, 0) is 50.2 Å². The molecule has 6 nitrogen and oxygen atoms in total. The maximum Gasteiger partial charge on any atom is 0.256 e. The molecule has 1 aliphatic carbocycles. The molecule has 1 heterocycles. The van der Waals surface area contributed by atoms with Crippen molar-refractivity contribution in [2.24, 2.45) is 5.92 Å². The van der Waals surface area contributed by atoms with Gasteiger partial charge in [0.15, 0.2) is 5.11 Å². The fraction of sp³-hybridized carbons (Fsp3) is 0.550. The zero-order valence-corrected chi connectivity index (χ0v) is 16.7. The number of likely N-dealkylation sites (N-methyl/N-ethyl adjacent to an activating group) is 1. The van der Waals surface area contributed by atoms with Crippen LogP contribution < -0.4 is 10.6 Å². The number of nitrogens with one attached hydrogen (secondary N) is 2. The van der Waals surface area contributed by atoms with Gasteiger partial charge in [0.2, 0.25) is 5.91 Å². The zero-order chi connectivity index (χ0) is 19.2. The van der Waals surface area contributed by atoms with Gasteiger partial charge in [-0.1, -0.05) is 25.0 Å². The Labute approximate surface area is 166 Å². The van der Waals surface area contributed by atoms with Crippen LogP contribution in [0.5, 0.6) is 0 Å². The monoisotopic (exact) mass is 388 g/mol. The highest BCUT2D eigenvalue weighted by atomic mass is 32.1. The number of para-hydroxylation sites is 1. The second-order valence-corrected chi connectivity index (χ2v) is 7.91. The third-order valence-electron chi connectivity index (χ3n) is 5.40. The molecule has 1 aromatic rings. The summed E-state index contributed by atoms with van der Waals surface area (Å²) in [5, 5.41) is 6.04. The predicted octanol–water partition coefficient (Wildman–Crippen LogP) is 2.47. The van der Waals surface area contributed by atoms with Crippen LogP contribution in [-0.4, -0.2) is 60.0 Å². The molecule has 0 radical (unpaired) electrons. The molecule has 0 bridgehead atoms. The topological polar surface area (TPSA) is 64.7 Å². The number of piperazine rings is 1. The molecular formula is C20H28N4O2S. The quantitative estimate of drug-likeness (QED) is 0.776. The highest BCUT2D eigenvalue weighted by molar-refractivity contribution is 7.80. The first kappa shape index (κ1) is 19.8. The molecular weight excluding hydrogens is 360 g/mol. The van der Waals surface area contributed by atoms with E-state index in [1.807, 2.05) is 23.1 Å². The minimum atomic E-state index is -0.0534. The summed E-state index contributed by atoms with van der Waals surface area (Å²) >= 11 is 5.30. The lowest BCUT2D eigenvalue weighted by Gasteiger charge is -2.32. The second-order valence-electron chi connectivity index (χ2n) is 7.50. The number of carbonyl (C=O) groups excluding carboxylic acids is 2. The van der Waals surface area contributed by atoms with Crippen molar-refractivity contribution < 1.29 is 9.59 Å². The van der Waals surface area contributed by atoms with E-state index in [9.17, 15) is 9.59 Å². The van der Waals surface area contributed by atoms with E-state index in [1.165, 1.54) is 12.8 Å². The van der Waals surface area contributed by atoms with Crippen LogP contribution in [0, 0.1) is 5.92 Å². The lowest BCUT2D eigenvalue weighted by atomic mass is 10.0. The van der Waals surface area contributed by atoms with Crippen molar-refractivity contribution in [1.82, 2.24) is 15.1 Å². The fourth-order valence-corrected chi connectivity index (χ4v) is 3.99. The molecule has 2 amide bonds. The van der Waals surface area contributed by atoms with E-state index in [-0.39, 0.29) is 16.9 Å². The van der Waals surface area contributed by atoms with Crippen LogP contribution in [0.15, 0.2) is 24.3 Å². The van der Waals surface area contributed by atoms with E-state index in [0.29, 0.717) is 36.7 Å². The van der Waals surface area contributed by atoms with Crippen molar-refractivity contribution >= 4 is 34.8 Å². The number of hydrogen-bond acceptors (Lipinski definition) is 4. The lowest BCUT2D eigenvalue weighted by Crippen LogP contribution is -2.47. The summed E-state index contributed by atoms with van der Waals surface area (Å²) in [6.07, 6.45) is 5.18. The molecule has 27 heavy (non-hydrogen) atoms. The third-order valence-corrected chi connectivity index (χ3v) is 5.60. The molecule has 2 fully saturated rings. The molecule has 0 unspecified atom stereocenters. The summed E-state index contributed by atoms with van der Waals surface area (Å²) in [5.74, 6) is 0.410. The van der Waals surface area contributed by atoms with Crippen LogP contribution in [0.3, 0.4) is 0 Å². The molecule has 3 rings (SSSR count). The second kappa shape index (κ2) is 9.28. The van der Waals surface area contributed by atoms with Gasteiger partial charge in [-0.2, -0.15) is 0 Å². The first-order valence-corrected chi connectivity index (χ1v) is 10.1. The van der Waals surface area contributed by atoms with Gasteiger partial charge in [-0.25, -0.2) is 0 Å². The summed E-state index contributed by atoms with van der Waals surface area (Å²) in [6.45, 7) is 3.17. The number of thiocarbonyl (C=S) groups is 1. The Bertz CT molecular complexity index is 695. The number of benzene rings is 1. The van der Waals surface area contributed by atoms with Gasteiger partial charge in [0, 0.05) is 32.6 Å². The van der Waals surface area contributed by atoms with Crippen molar-refractivity contribution in [2.45, 2.75) is 32.1 Å². The van der Waals surface area contributed by atoms with E-state index < -0.39 is 0 Å². The SMILES string of the molecule is CN1CCN(C(=O)c2ccccc2NC(=S)NC(=O)CC2CCCC2)CC1. The van der Waals surface area contributed by atoms with Crippen molar-refractivity contribution in [1.29, 1.82) is 0 Å². The van der Waals surface area contributed by atoms with Crippen molar-refractivity contribution in [3.63, 3.8) is 0 Å². The third kappa shape index (κ3) is 5.49. The smallest absolute Gasteiger partial charge is 0.256 e. The first-order valence-electron chi connectivity index (χ1n) is 9.70. The number of amides is 2. The minimum absolute atomic E-state index is 0.00807. The Morgan fingerprint density at radius 3 is 2.48 bits per heavy atom. The summed E-state index contributed by atoms with van der Waals surface area (Å²) in [6, 6.07) is 7.31. The van der Waals surface area contributed by atoms with Gasteiger partial charge in [-0.15, -0.1) is 0 Å². The summed E-state index contributed by atoms with van der Waals surface area (Å²) in [7, 11) is 2.06. The molecule has 1 saturated carbocycles. The molecule has 1 saturated heterocycles. The van der Waals surface area contributed by atoms with Gasteiger partial charge in [0.25, 0.3) is 5.91 Å². The van der Waals surface area contributed by atoms with E-state index in [4.69, 9.17) is 12.2 Å². The largest absolute Gasteiger partial charge is 0.336 e. The van der Waals surface area contributed by atoms with E-state index in [1.54, 1.807) is 6.07 Å². The normalized spacial score (nSPS) is 18.3. The zero-order valence-electron chi connectivity index (χ0n) is 15.9. The van der Waals surface area contributed by atoms with Gasteiger partial charge >= 0.3 is 0 Å². The fourth-order valence-electron chi connectivity index (χ4n) is 3.77. The Morgan fingerprint density at radius 1 is 1.11 bits per heavy atom. The summed E-state index contributed by atoms with van der Waals surface area (Å²) < 4.78 is 0. The molecule has 1 aliphatic heterocycles. The van der Waals surface area contributed by atoms with Crippen LogP contribution >= 0.6 is 12.2 Å². The predicted molar refractivity (Wildman–Crippen MR) is 111 cm³/mol. The van der Waals surface area contributed by atoms with Crippen molar-refractivity contribution in [3.05, 3.63) is 29.8 Å². The lowest BCUT2D eigenvalue weighted by molar-refractivity contribution is -0.120. The molecule has 7 heteroatoms. The maximum absolute atomic E-state index is 12.9. The number of nitrogens with zero attached hydrogens (tertiary/aromatic N) is 2. The minimum Gasteiger partial charge on any atom is -0.336 e. The van der Waals surface area contributed by atoms with Crippen LogP contribution in [0.25, 0.3) is 0 Å². The van der Waals surface area contributed by atoms with Crippen LogP contribution in [0.2, 0.25) is 0 Å². The van der Waals surface area contributed by atoms with Crippen LogP contribution in [0.1, 0.15) is 42.5 Å². The summed E-state index contributed by atoms with van der Waals surface area (Å²) in [4.78, 5) is 29.2.